The maximum atomic E-state index is 2.25. The minimum absolute atomic E-state index is 0.448. The van der Waals surface area contributed by atoms with Gasteiger partial charge in [0.15, 0.2) is 0 Å². The molecule has 0 amide bonds. The minimum Gasteiger partial charge on any atom is -0.138 e. The first-order valence-electron chi connectivity index (χ1n) is 8.60. The van der Waals surface area contributed by atoms with Crippen LogP contribution in [0.15, 0.2) is 78.9 Å². The first kappa shape index (κ1) is 18.2. The highest BCUT2D eigenvalue weighted by molar-refractivity contribution is 8.15. The van der Waals surface area contributed by atoms with Gasteiger partial charge in [-0.05, 0) is 30.5 Å². The molecule has 0 bridgehead atoms. The van der Waals surface area contributed by atoms with Crippen molar-refractivity contribution in [3.63, 3.8) is 0 Å². The van der Waals surface area contributed by atoms with Gasteiger partial charge in [-0.15, -0.1) is 23.5 Å². The summed E-state index contributed by atoms with van der Waals surface area (Å²) in [5.74, 6) is 2.08. The molecule has 25 heavy (non-hydrogen) atoms. The zero-order valence-corrected chi connectivity index (χ0v) is 16.4. The molecule has 3 rings (SSSR count). The largest absolute Gasteiger partial charge is 0.138 e. The fraction of sp³-hybridized carbons (Fsp3) is 0.217. The second kappa shape index (κ2) is 9.17. The number of benzene rings is 3. The van der Waals surface area contributed by atoms with E-state index in [9.17, 15) is 0 Å². The number of rotatable bonds is 7. The lowest BCUT2D eigenvalue weighted by molar-refractivity contribution is 1.31. The summed E-state index contributed by atoms with van der Waals surface area (Å²) in [7, 11) is 0. The fourth-order valence-corrected chi connectivity index (χ4v) is 5.13. The molecular weight excluding hydrogens is 340 g/mol. The van der Waals surface area contributed by atoms with E-state index in [4.69, 9.17) is 0 Å². The molecule has 0 unspecified atom stereocenters. The average molecular weight is 365 g/mol. The summed E-state index contributed by atoms with van der Waals surface area (Å²) in [6.45, 7) is 4.28. The molecule has 0 saturated carbocycles. The van der Waals surface area contributed by atoms with Crippen molar-refractivity contribution in [1.29, 1.82) is 0 Å². The number of hydrogen-bond acceptors (Lipinski definition) is 2. The van der Waals surface area contributed by atoms with Crippen LogP contribution in [0.3, 0.4) is 0 Å². The maximum absolute atomic E-state index is 2.25. The SMILES string of the molecule is Cc1ccc(CSC(SCc2ccc(C)cc2)c2ccccc2)cc1. The summed E-state index contributed by atoms with van der Waals surface area (Å²) >= 11 is 4.04. The first-order chi connectivity index (χ1) is 12.2. The van der Waals surface area contributed by atoms with Crippen LogP contribution in [0.1, 0.15) is 32.4 Å². The van der Waals surface area contributed by atoms with Crippen molar-refractivity contribution in [2.75, 3.05) is 0 Å². The van der Waals surface area contributed by atoms with Gasteiger partial charge in [0.1, 0.15) is 0 Å². The van der Waals surface area contributed by atoms with Crippen molar-refractivity contribution < 1.29 is 0 Å². The summed E-state index contributed by atoms with van der Waals surface area (Å²) in [4.78, 5) is 0. The van der Waals surface area contributed by atoms with Gasteiger partial charge < -0.3 is 0 Å². The first-order valence-corrected chi connectivity index (χ1v) is 10.7. The second-order valence-corrected chi connectivity index (χ2v) is 8.82. The van der Waals surface area contributed by atoms with Crippen molar-refractivity contribution in [1.82, 2.24) is 0 Å². The Hall–Kier alpha value is -1.64. The van der Waals surface area contributed by atoms with Gasteiger partial charge in [0.2, 0.25) is 0 Å². The molecular formula is C23H24S2. The second-order valence-electron chi connectivity index (χ2n) is 6.34. The summed E-state index contributed by atoms with van der Waals surface area (Å²) < 4.78 is 0.448. The van der Waals surface area contributed by atoms with Crippen molar-refractivity contribution >= 4 is 23.5 Å². The molecule has 0 nitrogen and oxygen atoms in total. The molecule has 3 aromatic rings. The fourth-order valence-electron chi connectivity index (χ4n) is 2.56. The Balaban J connectivity index is 1.66. The van der Waals surface area contributed by atoms with Crippen LogP contribution in [0.2, 0.25) is 0 Å². The average Bonchev–Trinajstić information content (AvgIpc) is 2.65. The molecule has 0 aromatic heterocycles. The molecule has 0 saturated heterocycles. The van der Waals surface area contributed by atoms with E-state index in [0.717, 1.165) is 11.5 Å². The lowest BCUT2D eigenvalue weighted by atomic mass is 10.2. The number of aryl methyl sites for hydroxylation is 2. The quantitative estimate of drug-likeness (QED) is 0.408. The van der Waals surface area contributed by atoms with Crippen LogP contribution in [0.5, 0.6) is 0 Å². The molecule has 0 atom stereocenters. The van der Waals surface area contributed by atoms with Crippen molar-refractivity contribution in [2.45, 2.75) is 29.9 Å². The van der Waals surface area contributed by atoms with Crippen molar-refractivity contribution in [2.24, 2.45) is 0 Å². The molecule has 3 aromatic carbocycles. The van der Waals surface area contributed by atoms with E-state index in [1.807, 2.05) is 23.5 Å². The molecule has 0 spiro atoms. The molecule has 0 fully saturated rings. The number of thioether (sulfide) groups is 2. The van der Waals surface area contributed by atoms with Gasteiger partial charge in [0.25, 0.3) is 0 Å². The Bertz CT molecular complexity index is 712. The monoisotopic (exact) mass is 364 g/mol. The van der Waals surface area contributed by atoms with E-state index in [-0.39, 0.29) is 0 Å². The maximum Gasteiger partial charge on any atom is 0.0757 e. The molecule has 0 aliphatic heterocycles. The topological polar surface area (TPSA) is 0 Å². The molecule has 0 radical (unpaired) electrons. The van der Waals surface area contributed by atoms with Crippen LogP contribution in [0, 0.1) is 13.8 Å². The van der Waals surface area contributed by atoms with Crippen LogP contribution in [-0.4, -0.2) is 0 Å². The molecule has 2 heteroatoms. The van der Waals surface area contributed by atoms with Gasteiger partial charge in [-0.3, -0.25) is 0 Å². The standard InChI is InChI=1S/C23H24S2/c1-18-8-12-20(13-9-18)16-24-23(22-6-4-3-5-7-22)25-17-21-14-10-19(2)11-15-21/h3-15,23H,16-17H2,1-2H3. The Morgan fingerprint density at radius 3 is 1.48 bits per heavy atom. The van der Waals surface area contributed by atoms with E-state index < -0.39 is 0 Å². The Morgan fingerprint density at radius 2 is 1.04 bits per heavy atom. The third kappa shape index (κ3) is 5.69. The smallest absolute Gasteiger partial charge is 0.0757 e. The summed E-state index contributed by atoms with van der Waals surface area (Å²) in [6.07, 6.45) is 0. The molecule has 128 valence electrons. The van der Waals surface area contributed by atoms with Gasteiger partial charge in [-0.1, -0.05) is 90.0 Å². The van der Waals surface area contributed by atoms with E-state index >= 15 is 0 Å². The van der Waals surface area contributed by atoms with E-state index in [0.29, 0.717) is 4.58 Å². The van der Waals surface area contributed by atoms with Gasteiger partial charge >= 0.3 is 0 Å². The zero-order valence-electron chi connectivity index (χ0n) is 14.8. The van der Waals surface area contributed by atoms with Crippen LogP contribution in [0.25, 0.3) is 0 Å². The van der Waals surface area contributed by atoms with E-state index in [1.54, 1.807) is 0 Å². The molecule has 0 aliphatic rings. The third-order valence-electron chi connectivity index (χ3n) is 4.12. The molecule has 0 heterocycles. The van der Waals surface area contributed by atoms with E-state index in [2.05, 4.69) is 92.7 Å². The Morgan fingerprint density at radius 1 is 0.600 bits per heavy atom. The van der Waals surface area contributed by atoms with Crippen molar-refractivity contribution in [3.05, 3.63) is 107 Å². The van der Waals surface area contributed by atoms with Crippen LogP contribution in [-0.2, 0) is 11.5 Å². The summed E-state index contributed by atoms with van der Waals surface area (Å²) in [5.41, 5.74) is 6.83. The van der Waals surface area contributed by atoms with Crippen LogP contribution in [0.4, 0.5) is 0 Å². The lowest BCUT2D eigenvalue weighted by Crippen LogP contribution is -1.93. The Labute approximate surface area is 160 Å². The third-order valence-corrected chi connectivity index (χ3v) is 7.08. The zero-order chi connectivity index (χ0) is 17.5. The van der Waals surface area contributed by atoms with Gasteiger partial charge in [-0.2, -0.15) is 0 Å². The van der Waals surface area contributed by atoms with Crippen LogP contribution >= 0.6 is 23.5 Å². The minimum atomic E-state index is 0.448. The predicted molar refractivity (Wildman–Crippen MR) is 114 cm³/mol. The summed E-state index contributed by atoms with van der Waals surface area (Å²) in [6, 6.07) is 28.6. The molecule has 0 aliphatic carbocycles. The van der Waals surface area contributed by atoms with Gasteiger partial charge in [-0.25, -0.2) is 0 Å². The summed E-state index contributed by atoms with van der Waals surface area (Å²) in [5, 5.41) is 0. The highest BCUT2D eigenvalue weighted by Crippen LogP contribution is 2.42. The predicted octanol–water partition coefficient (Wildman–Crippen LogP) is 7.17. The highest BCUT2D eigenvalue weighted by atomic mass is 32.2. The molecule has 0 N–H and O–H groups in total. The highest BCUT2D eigenvalue weighted by Gasteiger charge is 2.13. The van der Waals surface area contributed by atoms with Crippen molar-refractivity contribution in [3.8, 4) is 0 Å². The van der Waals surface area contributed by atoms with Crippen LogP contribution < -0.4 is 0 Å². The Kier molecular flexibility index (Phi) is 6.66. The van der Waals surface area contributed by atoms with Gasteiger partial charge in [0, 0.05) is 11.5 Å². The number of hydrogen-bond donors (Lipinski definition) is 0. The normalized spacial score (nSPS) is 11.0. The van der Waals surface area contributed by atoms with Gasteiger partial charge in [0.05, 0.1) is 4.58 Å². The lowest BCUT2D eigenvalue weighted by Gasteiger charge is -2.17. The van der Waals surface area contributed by atoms with E-state index in [1.165, 1.54) is 27.8 Å².